The van der Waals surface area contributed by atoms with E-state index in [-0.39, 0.29) is 11.1 Å². The summed E-state index contributed by atoms with van der Waals surface area (Å²) in [7, 11) is 0. The number of halogens is 4. The summed E-state index contributed by atoms with van der Waals surface area (Å²) >= 11 is 0. The lowest BCUT2D eigenvalue weighted by Crippen LogP contribution is -2.27. The van der Waals surface area contributed by atoms with E-state index in [4.69, 9.17) is 0 Å². The van der Waals surface area contributed by atoms with E-state index in [1.54, 1.807) is 38.1 Å². The zero-order chi connectivity index (χ0) is 19.8. The predicted molar refractivity (Wildman–Crippen MR) is 93.7 cm³/mol. The third-order valence-corrected chi connectivity index (χ3v) is 4.34. The van der Waals surface area contributed by atoms with Crippen LogP contribution in [0.2, 0.25) is 0 Å². The second-order valence-electron chi connectivity index (χ2n) is 6.28. The van der Waals surface area contributed by atoms with Gasteiger partial charge in [-0.1, -0.05) is 24.3 Å². The lowest BCUT2D eigenvalue weighted by Gasteiger charge is -2.21. The van der Waals surface area contributed by atoms with Crippen LogP contribution in [0.25, 0.3) is 10.9 Å². The maximum Gasteiger partial charge on any atom is 0.419 e. The topological polar surface area (TPSA) is 57.8 Å². The number of rotatable bonds is 4. The molecule has 0 radical (unpaired) electrons. The molecule has 0 aliphatic heterocycles. The minimum absolute atomic E-state index is 0.111. The van der Waals surface area contributed by atoms with Gasteiger partial charge >= 0.3 is 6.18 Å². The fourth-order valence-electron chi connectivity index (χ4n) is 2.96. The summed E-state index contributed by atoms with van der Waals surface area (Å²) in [4.78, 5) is 19.2. The number of nitrogens with one attached hydrogen (secondary N) is 2. The maximum absolute atomic E-state index is 14.3. The normalized spacial score (nSPS) is 14.3. The summed E-state index contributed by atoms with van der Waals surface area (Å²) in [6, 6.07) is 8.71. The lowest BCUT2D eigenvalue weighted by molar-refractivity contribution is -0.140. The highest BCUT2D eigenvalue weighted by molar-refractivity contribution is 5.77. The van der Waals surface area contributed by atoms with E-state index >= 15 is 0 Å². The number of aromatic nitrogens is 2. The molecule has 0 saturated heterocycles. The van der Waals surface area contributed by atoms with Gasteiger partial charge in [0.05, 0.1) is 22.5 Å². The zero-order valence-electron chi connectivity index (χ0n) is 14.6. The zero-order valence-corrected chi connectivity index (χ0v) is 14.6. The Labute approximate surface area is 152 Å². The Morgan fingerprint density at radius 2 is 1.74 bits per heavy atom. The number of benzene rings is 2. The second kappa shape index (κ2) is 7.11. The van der Waals surface area contributed by atoms with Crippen LogP contribution in [0, 0.1) is 5.82 Å². The molecule has 8 heteroatoms. The van der Waals surface area contributed by atoms with Crippen molar-refractivity contribution in [2.24, 2.45) is 0 Å². The number of para-hydroxylation sites is 1. The van der Waals surface area contributed by atoms with Gasteiger partial charge in [0.15, 0.2) is 0 Å². The van der Waals surface area contributed by atoms with E-state index in [0.717, 1.165) is 0 Å². The molecule has 1 aromatic heterocycles. The summed E-state index contributed by atoms with van der Waals surface area (Å²) < 4.78 is 53.0. The molecule has 2 atom stereocenters. The van der Waals surface area contributed by atoms with Crippen LogP contribution in [0.3, 0.4) is 0 Å². The van der Waals surface area contributed by atoms with Gasteiger partial charge in [0.1, 0.15) is 11.6 Å². The molecule has 0 amide bonds. The maximum atomic E-state index is 14.3. The van der Waals surface area contributed by atoms with Crippen molar-refractivity contribution in [2.45, 2.75) is 32.1 Å². The minimum atomic E-state index is -4.77. The highest BCUT2D eigenvalue weighted by Crippen LogP contribution is 2.34. The molecule has 0 aliphatic carbocycles. The summed E-state index contributed by atoms with van der Waals surface area (Å²) in [5, 5.41) is 3.42. The number of H-pyrrole nitrogens is 1. The predicted octanol–water partition coefficient (Wildman–Crippen LogP) is 4.49. The first-order valence-electron chi connectivity index (χ1n) is 8.29. The van der Waals surface area contributed by atoms with Gasteiger partial charge < -0.3 is 10.3 Å². The van der Waals surface area contributed by atoms with Gasteiger partial charge in [-0.25, -0.2) is 9.37 Å². The fourth-order valence-corrected chi connectivity index (χ4v) is 2.96. The van der Waals surface area contributed by atoms with E-state index in [1.165, 1.54) is 12.1 Å². The van der Waals surface area contributed by atoms with Crippen LogP contribution in [0.1, 0.15) is 42.9 Å². The van der Waals surface area contributed by atoms with Crippen molar-refractivity contribution in [3.8, 4) is 0 Å². The third-order valence-electron chi connectivity index (χ3n) is 4.34. The Morgan fingerprint density at radius 1 is 1.04 bits per heavy atom. The fraction of sp³-hybridized carbons (Fsp3) is 0.263. The average molecular weight is 379 g/mol. The van der Waals surface area contributed by atoms with Crippen LogP contribution in [0.15, 0.2) is 47.3 Å². The van der Waals surface area contributed by atoms with E-state index in [1.807, 2.05) is 0 Å². The van der Waals surface area contributed by atoms with Gasteiger partial charge in [-0.3, -0.25) is 4.79 Å². The summed E-state index contributed by atoms with van der Waals surface area (Å²) in [6.07, 6.45) is -4.77. The monoisotopic (exact) mass is 379 g/mol. The molecule has 1 unspecified atom stereocenters. The number of hydrogen-bond acceptors (Lipinski definition) is 3. The van der Waals surface area contributed by atoms with E-state index in [0.29, 0.717) is 22.8 Å². The molecule has 3 aromatic rings. The van der Waals surface area contributed by atoms with Crippen LogP contribution in [0.5, 0.6) is 0 Å². The van der Waals surface area contributed by atoms with Crippen molar-refractivity contribution in [3.63, 3.8) is 0 Å². The van der Waals surface area contributed by atoms with Crippen LogP contribution in [-0.2, 0) is 6.18 Å². The second-order valence-corrected chi connectivity index (χ2v) is 6.28. The van der Waals surface area contributed by atoms with Gasteiger partial charge in [0, 0.05) is 11.6 Å². The molecule has 4 nitrogen and oxygen atoms in total. The SMILES string of the molecule is CC(N[C@H](C)c1cccc(C(F)(F)F)c1F)c1nc2ccccc2c(=O)[nH]1. The van der Waals surface area contributed by atoms with Gasteiger partial charge in [0.25, 0.3) is 5.56 Å². The van der Waals surface area contributed by atoms with E-state index in [2.05, 4.69) is 15.3 Å². The molecule has 0 saturated carbocycles. The van der Waals surface area contributed by atoms with Crippen molar-refractivity contribution < 1.29 is 17.6 Å². The molecule has 0 bridgehead atoms. The number of aromatic amines is 1. The number of hydrogen-bond donors (Lipinski definition) is 2. The highest BCUT2D eigenvalue weighted by atomic mass is 19.4. The van der Waals surface area contributed by atoms with Gasteiger partial charge in [-0.05, 0) is 32.0 Å². The molecule has 27 heavy (non-hydrogen) atoms. The Morgan fingerprint density at radius 3 is 2.44 bits per heavy atom. The van der Waals surface area contributed by atoms with Crippen LogP contribution in [-0.4, -0.2) is 9.97 Å². The minimum Gasteiger partial charge on any atom is -0.309 e. The lowest BCUT2D eigenvalue weighted by atomic mass is 10.0. The van der Waals surface area contributed by atoms with Crippen molar-refractivity contribution in [1.82, 2.24) is 15.3 Å². The van der Waals surface area contributed by atoms with Crippen LogP contribution >= 0.6 is 0 Å². The molecule has 0 fully saturated rings. The largest absolute Gasteiger partial charge is 0.419 e. The summed E-state index contributed by atoms with van der Waals surface area (Å²) in [5.74, 6) is -0.991. The van der Waals surface area contributed by atoms with Crippen LogP contribution in [0.4, 0.5) is 17.6 Å². The van der Waals surface area contributed by atoms with Gasteiger partial charge in [0.2, 0.25) is 0 Å². The van der Waals surface area contributed by atoms with Crippen molar-refractivity contribution in [1.29, 1.82) is 0 Å². The first-order valence-corrected chi connectivity index (χ1v) is 8.29. The molecule has 3 rings (SSSR count). The number of nitrogens with zero attached hydrogens (tertiary/aromatic N) is 1. The molecule has 142 valence electrons. The molecular weight excluding hydrogens is 362 g/mol. The number of fused-ring (bicyclic) bond motifs is 1. The Balaban J connectivity index is 1.89. The smallest absolute Gasteiger partial charge is 0.309 e. The molecule has 2 N–H and O–H groups in total. The molecule has 1 heterocycles. The average Bonchev–Trinajstić information content (AvgIpc) is 2.60. The summed E-state index contributed by atoms with van der Waals surface area (Å²) in [6.45, 7) is 3.24. The quantitative estimate of drug-likeness (QED) is 0.657. The third kappa shape index (κ3) is 3.85. The Hall–Kier alpha value is -2.74. The van der Waals surface area contributed by atoms with Crippen molar-refractivity contribution in [2.75, 3.05) is 0 Å². The molecule has 0 spiro atoms. The number of alkyl halides is 3. The van der Waals surface area contributed by atoms with Crippen molar-refractivity contribution in [3.05, 3.63) is 75.6 Å². The highest BCUT2D eigenvalue weighted by Gasteiger charge is 2.35. The Kier molecular flexibility index (Phi) is 5.01. The molecular formula is C19H17F4N3O. The summed E-state index contributed by atoms with van der Waals surface area (Å²) in [5.41, 5.74) is -1.23. The van der Waals surface area contributed by atoms with Crippen LogP contribution < -0.4 is 10.9 Å². The molecule has 0 aliphatic rings. The first kappa shape index (κ1) is 19.0. The van der Waals surface area contributed by atoms with E-state index in [9.17, 15) is 22.4 Å². The van der Waals surface area contributed by atoms with Gasteiger partial charge in [-0.2, -0.15) is 13.2 Å². The standard InChI is InChI=1S/C19H17F4N3O/c1-10(12-7-5-8-14(16(12)20)19(21,22)23)24-11(2)17-25-15-9-4-3-6-13(15)18(27)26-17/h3-11,24H,1-2H3,(H,25,26,27)/t10-,11?/m1/s1. The van der Waals surface area contributed by atoms with Crippen molar-refractivity contribution >= 4 is 10.9 Å². The Bertz CT molecular complexity index is 1030. The van der Waals surface area contributed by atoms with E-state index < -0.39 is 29.6 Å². The van der Waals surface area contributed by atoms with Gasteiger partial charge in [-0.15, -0.1) is 0 Å². The molecule has 2 aromatic carbocycles. The first-order chi connectivity index (χ1) is 12.7.